The Hall–Kier alpha value is -1.18. The van der Waals surface area contributed by atoms with Crippen LogP contribution in [0, 0.1) is 0 Å². The Morgan fingerprint density at radius 1 is 1.41 bits per heavy atom. The average Bonchev–Trinajstić information content (AvgIpc) is 2.39. The van der Waals surface area contributed by atoms with Crippen LogP contribution in [0.15, 0.2) is 23.4 Å². The molecular formula is C10H15N3O3S. The van der Waals surface area contributed by atoms with Crippen molar-refractivity contribution in [3.05, 3.63) is 18.5 Å². The smallest absolute Gasteiger partial charge is 0.246 e. The van der Waals surface area contributed by atoms with E-state index in [1.165, 1.54) is 10.5 Å². The van der Waals surface area contributed by atoms with Crippen LogP contribution in [0.5, 0.6) is 0 Å². The third kappa shape index (κ3) is 2.41. The minimum absolute atomic E-state index is 0.212. The van der Waals surface area contributed by atoms with Gasteiger partial charge in [0.05, 0.1) is 18.9 Å². The van der Waals surface area contributed by atoms with E-state index < -0.39 is 10.0 Å². The molecule has 0 bridgehead atoms. The molecule has 17 heavy (non-hydrogen) atoms. The van der Waals surface area contributed by atoms with E-state index in [0.717, 1.165) is 0 Å². The van der Waals surface area contributed by atoms with Crippen molar-refractivity contribution in [1.29, 1.82) is 0 Å². The fraction of sp³-hybridized carbons (Fsp3) is 0.500. The number of hydrogen-bond acceptors (Lipinski definition) is 5. The summed E-state index contributed by atoms with van der Waals surface area (Å²) >= 11 is 0. The molecule has 7 heteroatoms. The Bertz CT molecular complexity index is 483. The fourth-order valence-electron chi connectivity index (χ4n) is 1.72. The second-order valence-electron chi connectivity index (χ2n) is 3.64. The average molecular weight is 257 g/mol. The maximum absolute atomic E-state index is 12.4. The highest BCUT2D eigenvalue weighted by Crippen LogP contribution is 2.23. The second-order valence-corrected chi connectivity index (χ2v) is 5.54. The highest BCUT2D eigenvalue weighted by atomic mass is 32.2. The number of sulfonamides is 1. The molecule has 0 spiro atoms. The van der Waals surface area contributed by atoms with Gasteiger partial charge < -0.3 is 10.1 Å². The van der Waals surface area contributed by atoms with Crippen LogP contribution in [0.3, 0.4) is 0 Å². The van der Waals surface area contributed by atoms with Gasteiger partial charge in [0.1, 0.15) is 4.90 Å². The molecule has 94 valence electrons. The number of nitrogens with one attached hydrogen (secondary N) is 1. The summed E-state index contributed by atoms with van der Waals surface area (Å²) in [6.07, 6.45) is 2.93. The predicted molar refractivity (Wildman–Crippen MR) is 63.4 cm³/mol. The van der Waals surface area contributed by atoms with Crippen molar-refractivity contribution in [3.63, 3.8) is 0 Å². The standard InChI is InChI=1S/C10H15N3O3S/c1-11-9-2-3-12-8-10(9)17(14,15)13-4-6-16-7-5-13/h2-3,8H,4-7H2,1H3,(H,11,12). The number of nitrogens with zero attached hydrogens (tertiary/aromatic N) is 2. The molecule has 2 heterocycles. The maximum Gasteiger partial charge on any atom is 0.246 e. The molecule has 1 N–H and O–H groups in total. The van der Waals surface area contributed by atoms with Crippen LogP contribution < -0.4 is 5.32 Å². The van der Waals surface area contributed by atoms with Gasteiger partial charge in [-0.25, -0.2) is 8.42 Å². The summed E-state index contributed by atoms with van der Waals surface area (Å²) in [7, 11) is -1.79. The zero-order chi connectivity index (χ0) is 12.3. The Kier molecular flexibility index (Phi) is 3.60. The molecule has 0 aliphatic carbocycles. The summed E-state index contributed by atoms with van der Waals surface area (Å²) in [4.78, 5) is 4.09. The lowest BCUT2D eigenvalue weighted by molar-refractivity contribution is 0.0730. The number of anilines is 1. The molecule has 1 fully saturated rings. The van der Waals surface area contributed by atoms with Crippen molar-refractivity contribution < 1.29 is 13.2 Å². The third-order valence-electron chi connectivity index (χ3n) is 2.64. The minimum Gasteiger partial charge on any atom is -0.387 e. The topological polar surface area (TPSA) is 71.5 Å². The zero-order valence-electron chi connectivity index (χ0n) is 9.59. The molecule has 1 aromatic heterocycles. The fourth-order valence-corrected chi connectivity index (χ4v) is 3.27. The van der Waals surface area contributed by atoms with Gasteiger partial charge >= 0.3 is 0 Å². The Morgan fingerprint density at radius 3 is 2.76 bits per heavy atom. The number of rotatable bonds is 3. The lowest BCUT2D eigenvalue weighted by Gasteiger charge is -2.26. The maximum atomic E-state index is 12.4. The molecule has 1 aliphatic rings. The summed E-state index contributed by atoms with van der Waals surface area (Å²) in [6.45, 7) is 1.66. The monoisotopic (exact) mass is 257 g/mol. The SMILES string of the molecule is CNc1ccncc1S(=O)(=O)N1CCOCC1. The van der Waals surface area contributed by atoms with Crippen LogP contribution in [-0.2, 0) is 14.8 Å². The molecule has 0 radical (unpaired) electrons. The van der Waals surface area contributed by atoms with Crippen molar-refractivity contribution in [2.45, 2.75) is 4.90 Å². The third-order valence-corrected chi connectivity index (χ3v) is 4.57. The lowest BCUT2D eigenvalue weighted by Crippen LogP contribution is -2.40. The predicted octanol–water partition coefficient (Wildman–Crippen LogP) is 0.144. The van der Waals surface area contributed by atoms with Crippen molar-refractivity contribution in [3.8, 4) is 0 Å². The van der Waals surface area contributed by atoms with Gasteiger partial charge in [0.2, 0.25) is 10.0 Å². The molecule has 0 unspecified atom stereocenters. The molecular weight excluding hydrogens is 242 g/mol. The van der Waals surface area contributed by atoms with E-state index in [-0.39, 0.29) is 4.90 Å². The van der Waals surface area contributed by atoms with Gasteiger partial charge in [-0.1, -0.05) is 0 Å². The summed E-state index contributed by atoms with van der Waals surface area (Å²) in [5.41, 5.74) is 0.562. The summed E-state index contributed by atoms with van der Waals surface area (Å²) < 4.78 is 31.3. The van der Waals surface area contributed by atoms with Crippen molar-refractivity contribution >= 4 is 15.7 Å². The first kappa shape index (κ1) is 12.3. The second kappa shape index (κ2) is 4.99. The Labute approximate surface area is 101 Å². The van der Waals surface area contributed by atoms with E-state index in [0.29, 0.717) is 32.0 Å². The van der Waals surface area contributed by atoms with Crippen LogP contribution >= 0.6 is 0 Å². The highest BCUT2D eigenvalue weighted by molar-refractivity contribution is 7.89. The van der Waals surface area contributed by atoms with Gasteiger partial charge in [-0.2, -0.15) is 4.31 Å². The van der Waals surface area contributed by atoms with E-state index in [2.05, 4.69) is 10.3 Å². The summed E-state index contributed by atoms with van der Waals surface area (Å²) in [5, 5.41) is 2.86. The molecule has 0 amide bonds. The molecule has 6 nitrogen and oxygen atoms in total. The first-order valence-electron chi connectivity index (χ1n) is 5.36. The lowest BCUT2D eigenvalue weighted by atomic mass is 10.4. The first-order valence-corrected chi connectivity index (χ1v) is 6.80. The van der Waals surface area contributed by atoms with Crippen LogP contribution in [-0.4, -0.2) is 51.1 Å². The number of morpholine rings is 1. The van der Waals surface area contributed by atoms with Crippen molar-refractivity contribution in [2.75, 3.05) is 38.7 Å². The van der Waals surface area contributed by atoms with Crippen LogP contribution in [0.1, 0.15) is 0 Å². The Balaban J connectivity index is 2.36. The number of hydrogen-bond donors (Lipinski definition) is 1. The van der Waals surface area contributed by atoms with E-state index >= 15 is 0 Å². The van der Waals surface area contributed by atoms with Crippen LogP contribution in [0.2, 0.25) is 0 Å². The van der Waals surface area contributed by atoms with E-state index in [4.69, 9.17) is 4.74 Å². The Morgan fingerprint density at radius 2 is 2.12 bits per heavy atom. The van der Waals surface area contributed by atoms with Gasteiger partial charge in [-0.05, 0) is 6.07 Å². The van der Waals surface area contributed by atoms with Crippen molar-refractivity contribution in [1.82, 2.24) is 9.29 Å². The highest BCUT2D eigenvalue weighted by Gasteiger charge is 2.28. The van der Waals surface area contributed by atoms with E-state index in [9.17, 15) is 8.42 Å². The summed E-state index contributed by atoms with van der Waals surface area (Å²) in [5.74, 6) is 0. The van der Waals surface area contributed by atoms with E-state index in [1.54, 1.807) is 19.3 Å². The van der Waals surface area contributed by atoms with Crippen LogP contribution in [0.25, 0.3) is 0 Å². The molecule has 0 saturated carbocycles. The van der Waals surface area contributed by atoms with E-state index in [1.807, 2.05) is 0 Å². The summed E-state index contributed by atoms with van der Waals surface area (Å²) in [6, 6.07) is 1.65. The molecule has 1 aliphatic heterocycles. The normalized spacial score (nSPS) is 17.9. The molecule has 1 saturated heterocycles. The number of ether oxygens (including phenoxy) is 1. The molecule has 2 rings (SSSR count). The number of pyridine rings is 1. The largest absolute Gasteiger partial charge is 0.387 e. The van der Waals surface area contributed by atoms with Gasteiger partial charge in [-0.3, -0.25) is 4.98 Å². The van der Waals surface area contributed by atoms with Crippen molar-refractivity contribution in [2.24, 2.45) is 0 Å². The van der Waals surface area contributed by atoms with Crippen LogP contribution in [0.4, 0.5) is 5.69 Å². The quantitative estimate of drug-likeness (QED) is 0.834. The molecule has 0 atom stereocenters. The first-order chi connectivity index (χ1) is 8.16. The zero-order valence-corrected chi connectivity index (χ0v) is 10.4. The molecule has 1 aromatic rings. The molecule has 0 aromatic carbocycles. The minimum atomic E-state index is -3.48. The van der Waals surface area contributed by atoms with Gasteiger partial charge in [0.15, 0.2) is 0 Å². The number of aromatic nitrogens is 1. The van der Waals surface area contributed by atoms with Gasteiger partial charge in [0, 0.05) is 32.5 Å². The van der Waals surface area contributed by atoms with Gasteiger partial charge in [0.25, 0.3) is 0 Å². The van der Waals surface area contributed by atoms with Gasteiger partial charge in [-0.15, -0.1) is 0 Å².